The van der Waals surface area contributed by atoms with Crippen molar-refractivity contribution in [2.24, 2.45) is 7.05 Å². The summed E-state index contributed by atoms with van der Waals surface area (Å²) in [5.74, 6) is 2.23. The maximum absolute atomic E-state index is 4.70. The lowest BCUT2D eigenvalue weighted by Gasteiger charge is -2.21. The first kappa shape index (κ1) is 16.3. The molecule has 2 aromatic rings. The van der Waals surface area contributed by atoms with Crippen LogP contribution in [0.4, 0.5) is 0 Å². The van der Waals surface area contributed by atoms with Crippen molar-refractivity contribution in [3.05, 3.63) is 17.2 Å². The molecular formula is C12H19ClN6OS. The molecule has 7 nitrogen and oxygen atoms in total. The van der Waals surface area contributed by atoms with Crippen LogP contribution in [-0.2, 0) is 12.8 Å². The van der Waals surface area contributed by atoms with Crippen LogP contribution in [0.5, 0.6) is 0 Å². The summed E-state index contributed by atoms with van der Waals surface area (Å²) < 4.78 is 6.79. The molecule has 1 N–H and O–H groups in total. The summed E-state index contributed by atoms with van der Waals surface area (Å²) in [4.78, 5) is 0. The Morgan fingerprint density at radius 1 is 1.38 bits per heavy atom. The van der Waals surface area contributed by atoms with Gasteiger partial charge in [0, 0.05) is 25.3 Å². The minimum absolute atomic E-state index is 0. The van der Waals surface area contributed by atoms with Gasteiger partial charge < -0.3 is 9.88 Å². The molecule has 1 unspecified atom stereocenters. The molecule has 21 heavy (non-hydrogen) atoms. The van der Waals surface area contributed by atoms with Crippen molar-refractivity contribution in [3.63, 3.8) is 0 Å². The van der Waals surface area contributed by atoms with Gasteiger partial charge in [-0.3, -0.25) is 0 Å². The van der Waals surface area contributed by atoms with Gasteiger partial charge in [0.05, 0.1) is 0 Å². The van der Waals surface area contributed by atoms with Crippen molar-refractivity contribution in [1.82, 2.24) is 30.4 Å². The Bertz CT molecular complexity index is 580. The van der Waals surface area contributed by atoms with Gasteiger partial charge in [-0.2, -0.15) is 0 Å². The molecular weight excluding hydrogens is 312 g/mol. The number of aromatic nitrogens is 5. The Hall–Kier alpha value is -1.12. The molecule has 3 rings (SSSR count). The van der Waals surface area contributed by atoms with Gasteiger partial charge in [0.1, 0.15) is 17.2 Å². The average molecular weight is 331 g/mol. The minimum atomic E-state index is 0. The van der Waals surface area contributed by atoms with Crippen molar-refractivity contribution >= 4 is 24.2 Å². The van der Waals surface area contributed by atoms with Crippen molar-refractivity contribution in [3.8, 4) is 0 Å². The lowest BCUT2D eigenvalue weighted by Crippen LogP contribution is -2.29. The van der Waals surface area contributed by atoms with Gasteiger partial charge in [-0.1, -0.05) is 22.1 Å². The van der Waals surface area contributed by atoms with Gasteiger partial charge in [-0.25, -0.2) is 4.63 Å². The van der Waals surface area contributed by atoms with Crippen molar-refractivity contribution in [2.45, 2.75) is 36.6 Å². The van der Waals surface area contributed by atoms with Crippen LogP contribution in [0.3, 0.4) is 0 Å². The highest BCUT2D eigenvalue weighted by Crippen LogP contribution is 2.26. The molecule has 1 fully saturated rings. The number of nitrogens with zero attached hydrogens (tertiary/aromatic N) is 5. The molecule has 0 spiro atoms. The maximum Gasteiger partial charge on any atom is 0.191 e. The number of halogens is 1. The quantitative estimate of drug-likeness (QED) is 0.854. The lowest BCUT2D eigenvalue weighted by molar-refractivity contribution is 0.302. The molecule has 0 bridgehead atoms. The SMILES string of the molecule is Cc1nonc1CSc1nnc(C2CCCNC2)n1C.Cl. The van der Waals surface area contributed by atoms with Crippen LogP contribution in [0.2, 0.25) is 0 Å². The topological polar surface area (TPSA) is 81.7 Å². The molecule has 0 amide bonds. The summed E-state index contributed by atoms with van der Waals surface area (Å²) in [6, 6.07) is 0. The summed E-state index contributed by atoms with van der Waals surface area (Å²) in [7, 11) is 2.03. The highest BCUT2D eigenvalue weighted by molar-refractivity contribution is 7.98. The van der Waals surface area contributed by atoms with Crippen LogP contribution in [0.15, 0.2) is 9.79 Å². The largest absolute Gasteiger partial charge is 0.316 e. The minimum Gasteiger partial charge on any atom is -0.316 e. The number of aryl methyl sites for hydroxylation is 1. The van der Waals surface area contributed by atoms with Crippen LogP contribution in [-0.4, -0.2) is 38.2 Å². The molecule has 3 heterocycles. The number of piperidine rings is 1. The molecule has 0 radical (unpaired) electrons. The average Bonchev–Trinajstić information content (AvgIpc) is 3.04. The second-order valence-electron chi connectivity index (χ2n) is 5.03. The van der Waals surface area contributed by atoms with Crippen LogP contribution in [0, 0.1) is 6.92 Å². The van der Waals surface area contributed by atoms with E-state index in [1.165, 1.54) is 12.8 Å². The summed E-state index contributed by atoms with van der Waals surface area (Å²) in [6.07, 6.45) is 2.37. The third kappa shape index (κ3) is 3.56. The van der Waals surface area contributed by atoms with Crippen LogP contribution < -0.4 is 5.32 Å². The third-order valence-electron chi connectivity index (χ3n) is 3.62. The van der Waals surface area contributed by atoms with Crippen molar-refractivity contribution in [2.75, 3.05) is 13.1 Å². The van der Waals surface area contributed by atoms with E-state index in [-0.39, 0.29) is 12.4 Å². The molecule has 1 aliphatic rings. The molecule has 0 saturated carbocycles. The van der Waals surface area contributed by atoms with Gasteiger partial charge in [0.2, 0.25) is 0 Å². The van der Waals surface area contributed by atoms with E-state index in [0.717, 1.165) is 35.5 Å². The predicted molar refractivity (Wildman–Crippen MR) is 81.7 cm³/mol. The number of nitrogens with one attached hydrogen (secondary N) is 1. The second kappa shape index (κ2) is 7.24. The molecule has 0 aliphatic carbocycles. The first-order chi connectivity index (χ1) is 9.75. The van der Waals surface area contributed by atoms with E-state index in [1.807, 2.05) is 14.0 Å². The fraction of sp³-hybridized carbons (Fsp3) is 0.667. The smallest absolute Gasteiger partial charge is 0.191 e. The van der Waals surface area contributed by atoms with Crippen LogP contribution in [0.25, 0.3) is 0 Å². The number of hydrogen-bond donors (Lipinski definition) is 1. The first-order valence-corrected chi connectivity index (χ1v) is 7.75. The summed E-state index contributed by atoms with van der Waals surface area (Å²) >= 11 is 1.61. The Kier molecular flexibility index (Phi) is 5.60. The van der Waals surface area contributed by atoms with Gasteiger partial charge in [-0.15, -0.1) is 22.6 Å². The van der Waals surface area contributed by atoms with Crippen LogP contribution in [0.1, 0.15) is 36.0 Å². The lowest BCUT2D eigenvalue weighted by atomic mass is 9.99. The van der Waals surface area contributed by atoms with Gasteiger partial charge in [-0.05, 0) is 26.3 Å². The van der Waals surface area contributed by atoms with E-state index in [1.54, 1.807) is 11.8 Å². The van der Waals surface area contributed by atoms with Crippen LogP contribution >= 0.6 is 24.2 Å². The Balaban J connectivity index is 0.00000161. The fourth-order valence-corrected chi connectivity index (χ4v) is 3.31. The second-order valence-corrected chi connectivity index (χ2v) is 5.97. The van der Waals surface area contributed by atoms with Crippen molar-refractivity contribution in [1.29, 1.82) is 0 Å². The van der Waals surface area contributed by atoms with E-state index < -0.39 is 0 Å². The maximum atomic E-state index is 4.70. The summed E-state index contributed by atoms with van der Waals surface area (Å²) in [6.45, 7) is 3.99. The fourth-order valence-electron chi connectivity index (χ4n) is 2.39. The predicted octanol–water partition coefficient (Wildman–Crippen LogP) is 1.69. The number of thioether (sulfide) groups is 1. The zero-order valence-corrected chi connectivity index (χ0v) is 13.7. The Morgan fingerprint density at radius 2 is 2.24 bits per heavy atom. The van der Waals surface area contributed by atoms with E-state index in [4.69, 9.17) is 4.63 Å². The molecule has 1 saturated heterocycles. The molecule has 1 atom stereocenters. The third-order valence-corrected chi connectivity index (χ3v) is 4.65. The van der Waals surface area contributed by atoms with Gasteiger partial charge in [0.15, 0.2) is 5.16 Å². The molecule has 116 valence electrons. The van der Waals surface area contributed by atoms with E-state index in [0.29, 0.717) is 11.7 Å². The standard InChI is InChI=1S/C12H18N6OS.ClH/c1-8-10(17-19-16-8)7-20-12-15-14-11(18(12)2)9-4-3-5-13-6-9;/h9,13H,3-7H2,1-2H3;1H. The van der Waals surface area contributed by atoms with E-state index in [2.05, 4.69) is 30.4 Å². The summed E-state index contributed by atoms with van der Waals surface area (Å²) in [5, 5.41) is 20.6. The van der Waals surface area contributed by atoms with Crippen molar-refractivity contribution < 1.29 is 4.63 Å². The summed E-state index contributed by atoms with van der Waals surface area (Å²) in [5.41, 5.74) is 1.69. The number of rotatable bonds is 4. The molecule has 0 aromatic carbocycles. The molecule has 1 aliphatic heterocycles. The zero-order chi connectivity index (χ0) is 13.9. The van der Waals surface area contributed by atoms with Gasteiger partial charge in [0.25, 0.3) is 0 Å². The Morgan fingerprint density at radius 3 is 2.90 bits per heavy atom. The highest BCUT2D eigenvalue weighted by atomic mass is 35.5. The monoisotopic (exact) mass is 330 g/mol. The van der Waals surface area contributed by atoms with Gasteiger partial charge >= 0.3 is 0 Å². The zero-order valence-electron chi connectivity index (χ0n) is 12.1. The van der Waals surface area contributed by atoms with E-state index in [9.17, 15) is 0 Å². The van der Waals surface area contributed by atoms with E-state index >= 15 is 0 Å². The highest BCUT2D eigenvalue weighted by Gasteiger charge is 2.22. The normalized spacial score (nSPS) is 18.5. The number of hydrogen-bond acceptors (Lipinski definition) is 7. The molecule has 2 aromatic heterocycles. The molecule has 9 heteroatoms. The Labute approximate surface area is 133 Å². The first-order valence-electron chi connectivity index (χ1n) is 6.76.